The van der Waals surface area contributed by atoms with Crippen LogP contribution in [0, 0.1) is 0 Å². The highest BCUT2D eigenvalue weighted by Gasteiger charge is 2.11. The van der Waals surface area contributed by atoms with E-state index in [-0.39, 0.29) is 11.5 Å². The second-order valence-electron chi connectivity index (χ2n) is 4.63. The number of rotatable bonds is 6. The number of carbonyl (C=O) groups excluding carboxylic acids is 4. The second kappa shape index (κ2) is 9.19. The van der Waals surface area contributed by atoms with Gasteiger partial charge in [0.1, 0.15) is 6.42 Å². The molecule has 0 bridgehead atoms. The molecule has 0 radical (unpaired) electrons. The Bertz CT molecular complexity index is 583. The molecule has 1 aromatic rings. The van der Waals surface area contributed by atoms with E-state index in [1.807, 2.05) is 6.92 Å². The van der Waals surface area contributed by atoms with Crippen molar-refractivity contribution in [3.05, 3.63) is 29.8 Å². The van der Waals surface area contributed by atoms with Gasteiger partial charge in [0.15, 0.2) is 0 Å². The minimum absolute atomic E-state index is 0.0974. The van der Waals surface area contributed by atoms with Crippen LogP contribution in [0.2, 0.25) is 0 Å². The third-order valence-corrected chi connectivity index (χ3v) is 2.76. The van der Waals surface area contributed by atoms with Crippen molar-refractivity contribution < 1.29 is 23.9 Å². The lowest BCUT2D eigenvalue weighted by molar-refractivity contribution is -0.144. The van der Waals surface area contributed by atoms with Gasteiger partial charge >= 0.3 is 5.97 Å². The highest BCUT2D eigenvalue weighted by molar-refractivity contribution is 5.98. The number of anilines is 1. The summed E-state index contributed by atoms with van der Waals surface area (Å²) in [4.78, 5) is 45.4. The molecule has 0 atom stereocenters. The standard InChI is InChI=1S/C15H19N3O5/c1-3-4-12(19)16-11-7-5-10(6-8-11)15(22)18-17-13(20)9-14(21)23-2/h5-8H,3-4,9H2,1-2H3,(H,16,19)(H,17,20)(H,18,22). The molecule has 3 N–H and O–H groups in total. The number of hydrogen-bond acceptors (Lipinski definition) is 5. The molecule has 8 heteroatoms. The minimum Gasteiger partial charge on any atom is -0.469 e. The van der Waals surface area contributed by atoms with Gasteiger partial charge in [-0.15, -0.1) is 0 Å². The molecule has 1 aromatic carbocycles. The molecule has 0 fully saturated rings. The summed E-state index contributed by atoms with van der Waals surface area (Å²) in [6, 6.07) is 6.17. The molecular formula is C15H19N3O5. The van der Waals surface area contributed by atoms with Crippen LogP contribution in [-0.2, 0) is 19.1 Å². The van der Waals surface area contributed by atoms with Crippen LogP contribution >= 0.6 is 0 Å². The zero-order valence-corrected chi connectivity index (χ0v) is 13.0. The average Bonchev–Trinajstić information content (AvgIpc) is 2.53. The summed E-state index contributed by atoms with van der Waals surface area (Å²) < 4.78 is 4.33. The normalized spacial score (nSPS) is 9.65. The fourth-order valence-electron chi connectivity index (χ4n) is 1.60. The second-order valence-corrected chi connectivity index (χ2v) is 4.63. The Hall–Kier alpha value is -2.90. The largest absolute Gasteiger partial charge is 0.469 e. The number of carbonyl (C=O) groups is 4. The van der Waals surface area contributed by atoms with Gasteiger partial charge in [-0.25, -0.2) is 0 Å². The molecule has 0 aliphatic rings. The van der Waals surface area contributed by atoms with Gasteiger partial charge in [-0.1, -0.05) is 6.92 Å². The summed E-state index contributed by atoms with van der Waals surface area (Å²) in [6.45, 7) is 1.90. The number of benzene rings is 1. The first-order valence-electron chi connectivity index (χ1n) is 7.02. The van der Waals surface area contributed by atoms with Crippen LogP contribution < -0.4 is 16.2 Å². The van der Waals surface area contributed by atoms with Crippen molar-refractivity contribution in [2.24, 2.45) is 0 Å². The predicted molar refractivity (Wildman–Crippen MR) is 82.2 cm³/mol. The molecule has 124 valence electrons. The van der Waals surface area contributed by atoms with E-state index in [0.29, 0.717) is 12.1 Å². The zero-order chi connectivity index (χ0) is 17.2. The lowest BCUT2D eigenvalue weighted by Gasteiger charge is -2.08. The molecule has 0 heterocycles. The molecule has 0 saturated carbocycles. The Morgan fingerprint density at radius 3 is 2.22 bits per heavy atom. The van der Waals surface area contributed by atoms with E-state index in [4.69, 9.17) is 0 Å². The van der Waals surface area contributed by atoms with Gasteiger partial charge in [-0.3, -0.25) is 30.0 Å². The van der Waals surface area contributed by atoms with Gasteiger partial charge in [0.05, 0.1) is 7.11 Å². The van der Waals surface area contributed by atoms with E-state index in [1.165, 1.54) is 12.1 Å². The highest BCUT2D eigenvalue weighted by atomic mass is 16.5. The lowest BCUT2D eigenvalue weighted by atomic mass is 10.2. The third-order valence-electron chi connectivity index (χ3n) is 2.76. The third kappa shape index (κ3) is 6.60. The first kappa shape index (κ1) is 18.1. The summed E-state index contributed by atoms with van der Waals surface area (Å²) in [5.74, 6) is -2.04. The van der Waals surface area contributed by atoms with Crippen molar-refractivity contribution >= 4 is 29.4 Å². The van der Waals surface area contributed by atoms with E-state index in [2.05, 4.69) is 20.9 Å². The highest BCUT2D eigenvalue weighted by Crippen LogP contribution is 2.10. The van der Waals surface area contributed by atoms with Crippen molar-refractivity contribution in [2.45, 2.75) is 26.2 Å². The first-order chi connectivity index (χ1) is 11.0. The molecule has 3 amide bonds. The van der Waals surface area contributed by atoms with Crippen LogP contribution in [0.4, 0.5) is 5.69 Å². The van der Waals surface area contributed by atoms with E-state index >= 15 is 0 Å². The van der Waals surface area contributed by atoms with Crippen molar-refractivity contribution in [2.75, 3.05) is 12.4 Å². The number of ether oxygens (including phenoxy) is 1. The summed E-state index contributed by atoms with van der Waals surface area (Å²) in [7, 11) is 1.16. The number of hydrogen-bond donors (Lipinski definition) is 3. The van der Waals surface area contributed by atoms with Crippen LogP contribution in [0.5, 0.6) is 0 Å². The van der Waals surface area contributed by atoms with Gasteiger partial charge in [-0.05, 0) is 30.7 Å². The van der Waals surface area contributed by atoms with Crippen LogP contribution in [0.3, 0.4) is 0 Å². The Balaban J connectivity index is 2.49. The number of methoxy groups -OCH3 is 1. The fraction of sp³-hybridized carbons (Fsp3) is 0.333. The van der Waals surface area contributed by atoms with Crippen LogP contribution in [-0.4, -0.2) is 30.8 Å². The maximum absolute atomic E-state index is 11.8. The summed E-state index contributed by atoms with van der Waals surface area (Å²) in [5.41, 5.74) is 5.14. The van der Waals surface area contributed by atoms with Crippen molar-refractivity contribution in [3.63, 3.8) is 0 Å². The van der Waals surface area contributed by atoms with Gasteiger partial charge in [0.2, 0.25) is 11.8 Å². The van der Waals surface area contributed by atoms with Crippen molar-refractivity contribution in [1.82, 2.24) is 10.9 Å². The van der Waals surface area contributed by atoms with Crippen LogP contribution in [0.15, 0.2) is 24.3 Å². The van der Waals surface area contributed by atoms with Gasteiger partial charge in [0.25, 0.3) is 5.91 Å². The predicted octanol–water partition coefficient (Wildman–Crippen LogP) is 0.749. The molecule has 0 spiro atoms. The molecule has 0 aliphatic carbocycles. The molecule has 0 saturated heterocycles. The van der Waals surface area contributed by atoms with Gasteiger partial charge in [0, 0.05) is 17.7 Å². The van der Waals surface area contributed by atoms with Crippen LogP contribution in [0.25, 0.3) is 0 Å². The van der Waals surface area contributed by atoms with E-state index in [1.54, 1.807) is 12.1 Å². The summed E-state index contributed by atoms with van der Waals surface area (Å²) >= 11 is 0. The van der Waals surface area contributed by atoms with Gasteiger partial charge < -0.3 is 10.1 Å². The molecule has 0 aliphatic heterocycles. The quantitative estimate of drug-likeness (QED) is 0.406. The SMILES string of the molecule is CCCC(=O)Nc1ccc(C(=O)NNC(=O)CC(=O)OC)cc1. The molecule has 0 unspecified atom stereocenters. The molecule has 1 rings (SSSR count). The number of nitrogens with one attached hydrogen (secondary N) is 3. The number of hydrazine groups is 1. The molecule has 8 nitrogen and oxygen atoms in total. The molecular weight excluding hydrogens is 302 g/mol. The molecule has 23 heavy (non-hydrogen) atoms. The van der Waals surface area contributed by atoms with Gasteiger partial charge in [-0.2, -0.15) is 0 Å². The Morgan fingerprint density at radius 1 is 1.00 bits per heavy atom. The number of esters is 1. The van der Waals surface area contributed by atoms with E-state index in [0.717, 1.165) is 13.5 Å². The van der Waals surface area contributed by atoms with E-state index in [9.17, 15) is 19.2 Å². The zero-order valence-electron chi connectivity index (χ0n) is 13.0. The topological polar surface area (TPSA) is 114 Å². The smallest absolute Gasteiger partial charge is 0.315 e. The Labute approximate surface area is 133 Å². The average molecular weight is 321 g/mol. The lowest BCUT2D eigenvalue weighted by Crippen LogP contribution is -2.42. The maximum Gasteiger partial charge on any atom is 0.315 e. The molecule has 0 aromatic heterocycles. The van der Waals surface area contributed by atoms with Crippen molar-refractivity contribution in [1.29, 1.82) is 0 Å². The van der Waals surface area contributed by atoms with Crippen molar-refractivity contribution in [3.8, 4) is 0 Å². The monoisotopic (exact) mass is 321 g/mol. The first-order valence-corrected chi connectivity index (χ1v) is 7.02. The number of amides is 3. The Kier molecular flexibility index (Phi) is 7.25. The fourth-order valence-corrected chi connectivity index (χ4v) is 1.60. The minimum atomic E-state index is -0.705. The van der Waals surface area contributed by atoms with E-state index < -0.39 is 24.2 Å². The van der Waals surface area contributed by atoms with Crippen LogP contribution in [0.1, 0.15) is 36.5 Å². The Morgan fingerprint density at radius 2 is 1.65 bits per heavy atom. The maximum atomic E-state index is 11.8. The summed E-state index contributed by atoms with van der Waals surface area (Å²) in [5, 5.41) is 2.70. The summed E-state index contributed by atoms with van der Waals surface area (Å²) in [6.07, 6.45) is 0.686.